The number of hydrogen-bond acceptors (Lipinski definition) is 5. The maximum Gasteiger partial charge on any atom is 0.343 e. The first-order chi connectivity index (χ1) is 15.3. The highest BCUT2D eigenvalue weighted by Crippen LogP contribution is 2.20. The fourth-order valence-electron chi connectivity index (χ4n) is 2.58. The van der Waals surface area contributed by atoms with Crippen LogP contribution in [0.15, 0.2) is 76.3 Å². The van der Waals surface area contributed by atoms with Gasteiger partial charge in [0.2, 0.25) is 0 Å². The molecule has 32 heavy (non-hydrogen) atoms. The lowest BCUT2D eigenvalue weighted by Crippen LogP contribution is -2.32. The number of benzene rings is 3. The van der Waals surface area contributed by atoms with Crippen LogP contribution in [0, 0.1) is 6.92 Å². The van der Waals surface area contributed by atoms with Crippen molar-refractivity contribution in [3.8, 4) is 5.75 Å². The first-order valence-corrected chi connectivity index (χ1v) is 10.5. The molecule has 3 aromatic carbocycles. The molecule has 0 aliphatic heterocycles. The number of hydrazone groups is 1. The summed E-state index contributed by atoms with van der Waals surface area (Å²) in [7, 11) is 0. The zero-order valence-corrected chi connectivity index (χ0v) is 19.1. The number of nitrogens with zero attached hydrogens (tertiary/aromatic N) is 1. The lowest BCUT2D eigenvalue weighted by molar-refractivity contribution is -0.136. The molecule has 0 aliphatic rings. The SMILES string of the molecule is Cc1cc(Br)ccc1NC(=O)C(=O)N/N=C/c1ccccc1OC(=O)c1ccc(Cl)cc1. The molecule has 3 rings (SSSR count). The number of ether oxygens (including phenoxy) is 1. The first kappa shape index (κ1) is 23.2. The van der Waals surface area contributed by atoms with Crippen LogP contribution in [0.3, 0.4) is 0 Å². The third-order valence-corrected chi connectivity index (χ3v) is 4.96. The summed E-state index contributed by atoms with van der Waals surface area (Å²) in [6.07, 6.45) is 1.28. The van der Waals surface area contributed by atoms with Crippen molar-refractivity contribution in [1.82, 2.24) is 5.43 Å². The number of carbonyl (C=O) groups is 3. The number of aryl methyl sites for hydroxylation is 1. The Kier molecular flexibility index (Phi) is 7.75. The van der Waals surface area contributed by atoms with Crippen molar-refractivity contribution >= 4 is 57.2 Å². The van der Waals surface area contributed by atoms with Crippen molar-refractivity contribution in [2.75, 3.05) is 5.32 Å². The second-order valence-corrected chi connectivity index (χ2v) is 7.90. The van der Waals surface area contributed by atoms with Gasteiger partial charge < -0.3 is 10.1 Å². The molecular weight excluding hydrogens is 498 g/mol. The molecule has 9 heteroatoms. The Balaban J connectivity index is 1.62. The molecule has 0 atom stereocenters. The van der Waals surface area contributed by atoms with Gasteiger partial charge in [0.1, 0.15) is 5.75 Å². The molecule has 0 fully saturated rings. The number of para-hydroxylation sites is 1. The second kappa shape index (κ2) is 10.7. The van der Waals surface area contributed by atoms with Gasteiger partial charge in [-0.2, -0.15) is 5.10 Å². The standard InChI is InChI=1S/C23H17BrClN3O4/c1-14-12-17(24)8-11-19(14)27-21(29)22(30)28-26-13-16-4-2-3-5-20(16)32-23(31)15-6-9-18(25)10-7-15/h2-13H,1H3,(H,27,29)(H,28,30)/b26-13+. The minimum absolute atomic E-state index is 0.236. The highest BCUT2D eigenvalue weighted by Gasteiger charge is 2.15. The third-order valence-electron chi connectivity index (χ3n) is 4.21. The molecule has 0 unspecified atom stereocenters. The van der Waals surface area contributed by atoms with Crippen LogP contribution in [-0.2, 0) is 9.59 Å². The molecule has 0 bridgehead atoms. The quantitative estimate of drug-likeness (QED) is 0.169. The summed E-state index contributed by atoms with van der Waals surface area (Å²) in [5.74, 6) is -2.15. The van der Waals surface area contributed by atoms with E-state index in [0.717, 1.165) is 10.0 Å². The van der Waals surface area contributed by atoms with Crippen LogP contribution < -0.4 is 15.5 Å². The Labute approximate surface area is 197 Å². The number of halogens is 2. The minimum Gasteiger partial charge on any atom is -0.422 e. The Morgan fingerprint density at radius 1 is 1.00 bits per heavy atom. The van der Waals surface area contributed by atoms with Crippen molar-refractivity contribution in [2.45, 2.75) is 6.92 Å². The summed E-state index contributed by atoms with van der Waals surface area (Å²) in [6.45, 7) is 1.80. The number of rotatable bonds is 5. The Morgan fingerprint density at radius 2 is 1.72 bits per heavy atom. The molecule has 162 valence electrons. The van der Waals surface area contributed by atoms with Crippen molar-refractivity contribution in [3.05, 3.63) is 92.9 Å². The third kappa shape index (κ3) is 6.26. The average molecular weight is 515 g/mol. The smallest absolute Gasteiger partial charge is 0.343 e. The molecule has 2 amide bonds. The van der Waals surface area contributed by atoms with Gasteiger partial charge in [0, 0.05) is 20.7 Å². The summed E-state index contributed by atoms with van der Waals surface area (Å²) in [5, 5.41) is 6.82. The zero-order valence-electron chi connectivity index (χ0n) is 16.8. The predicted molar refractivity (Wildman–Crippen MR) is 126 cm³/mol. The summed E-state index contributed by atoms with van der Waals surface area (Å²) in [6, 6.07) is 18.1. The van der Waals surface area contributed by atoms with Crippen LogP contribution in [0.5, 0.6) is 5.75 Å². The van der Waals surface area contributed by atoms with Crippen LogP contribution >= 0.6 is 27.5 Å². The number of esters is 1. The maximum atomic E-state index is 12.3. The monoisotopic (exact) mass is 513 g/mol. The van der Waals surface area contributed by atoms with Gasteiger partial charge in [-0.3, -0.25) is 9.59 Å². The molecule has 0 radical (unpaired) electrons. The summed E-state index contributed by atoms with van der Waals surface area (Å²) < 4.78 is 6.27. The number of nitrogens with one attached hydrogen (secondary N) is 2. The number of amides is 2. The van der Waals surface area contributed by atoms with Gasteiger partial charge >= 0.3 is 17.8 Å². The van der Waals surface area contributed by atoms with E-state index < -0.39 is 17.8 Å². The fourth-order valence-corrected chi connectivity index (χ4v) is 3.18. The average Bonchev–Trinajstić information content (AvgIpc) is 2.77. The molecule has 0 saturated carbocycles. The normalized spacial score (nSPS) is 10.6. The summed E-state index contributed by atoms with van der Waals surface area (Å²) >= 11 is 9.17. The topological polar surface area (TPSA) is 96.9 Å². The van der Waals surface area contributed by atoms with E-state index in [1.165, 1.54) is 6.21 Å². The molecule has 0 aromatic heterocycles. The number of carbonyl (C=O) groups excluding carboxylic acids is 3. The number of anilines is 1. The lowest BCUT2D eigenvalue weighted by Gasteiger charge is -2.08. The second-order valence-electron chi connectivity index (χ2n) is 6.55. The maximum absolute atomic E-state index is 12.3. The number of hydrogen-bond donors (Lipinski definition) is 2. The van der Waals surface area contributed by atoms with Crippen molar-refractivity contribution in [1.29, 1.82) is 0 Å². The van der Waals surface area contributed by atoms with Crippen LogP contribution in [0.1, 0.15) is 21.5 Å². The van der Waals surface area contributed by atoms with Gasteiger partial charge in [0.05, 0.1) is 11.8 Å². The summed E-state index contributed by atoms with van der Waals surface area (Å²) in [5.41, 5.74) is 4.22. The minimum atomic E-state index is -0.945. The lowest BCUT2D eigenvalue weighted by atomic mass is 10.2. The van der Waals surface area contributed by atoms with E-state index in [4.69, 9.17) is 16.3 Å². The van der Waals surface area contributed by atoms with Gasteiger partial charge in [-0.1, -0.05) is 39.7 Å². The highest BCUT2D eigenvalue weighted by atomic mass is 79.9. The van der Waals surface area contributed by atoms with Crippen LogP contribution in [0.2, 0.25) is 5.02 Å². The fraction of sp³-hybridized carbons (Fsp3) is 0.0435. The molecule has 7 nitrogen and oxygen atoms in total. The van der Waals surface area contributed by atoms with Crippen molar-refractivity contribution in [2.24, 2.45) is 5.10 Å². The van der Waals surface area contributed by atoms with Gasteiger partial charge in [0.15, 0.2) is 0 Å². The van der Waals surface area contributed by atoms with E-state index >= 15 is 0 Å². The highest BCUT2D eigenvalue weighted by molar-refractivity contribution is 9.10. The van der Waals surface area contributed by atoms with Gasteiger partial charge in [-0.25, -0.2) is 10.2 Å². The van der Waals surface area contributed by atoms with E-state index in [1.807, 2.05) is 6.07 Å². The van der Waals surface area contributed by atoms with Gasteiger partial charge in [-0.15, -0.1) is 0 Å². The molecule has 0 saturated heterocycles. The zero-order chi connectivity index (χ0) is 23.1. The van der Waals surface area contributed by atoms with E-state index in [9.17, 15) is 14.4 Å². The molecular formula is C23H17BrClN3O4. The van der Waals surface area contributed by atoms with E-state index in [1.54, 1.807) is 67.6 Å². The van der Waals surface area contributed by atoms with Gasteiger partial charge in [0.25, 0.3) is 0 Å². The van der Waals surface area contributed by atoms with Crippen LogP contribution in [-0.4, -0.2) is 24.0 Å². The van der Waals surface area contributed by atoms with E-state index in [2.05, 4.69) is 31.8 Å². The van der Waals surface area contributed by atoms with Crippen LogP contribution in [0.4, 0.5) is 5.69 Å². The Bertz CT molecular complexity index is 1200. The van der Waals surface area contributed by atoms with E-state index in [-0.39, 0.29) is 5.75 Å². The van der Waals surface area contributed by atoms with Crippen molar-refractivity contribution < 1.29 is 19.1 Å². The van der Waals surface area contributed by atoms with Crippen LogP contribution in [0.25, 0.3) is 0 Å². The molecule has 0 aliphatic carbocycles. The van der Waals surface area contributed by atoms with Gasteiger partial charge in [-0.05, 0) is 67.1 Å². The Hall–Kier alpha value is -3.49. The van der Waals surface area contributed by atoms with E-state index in [0.29, 0.717) is 21.8 Å². The summed E-state index contributed by atoms with van der Waals surface area (Å²) in [4.78, 5) is 36.5. The molecule has 0 heterocycles. The predicted octanol–water partition coefficient (Wildman–Crippen LogP) is 4.72. The molecule has 0 spiro atoms. The first-order valence-electron chi connectivity index (χ1n) is 9.31. The molecule has 3 aromatic rings. The molecule has 2 N–H and O–H groups in total. The van der Waals surface area contributed by atoms with Crippen molar-refractivity contribution in [3.63, 3.8) is 0 Å². The Morgan fingerprint density at radius 3 is 2.44 bits per heavy atom. The largest absolute Gasteiger partial charge is 0.422 e.